The normalized spacial score (nSPS) is 12.2. The van der Waals surface area contributed by atoms with Crippen molar-refractivity contribution in [2.24, 2.45) is 5.92 Å². The summed E-state index contributed by atoms with van der Waals surface area (Å²) in [5, 5.41) is 3.37. The minimum Gasteiger partial charge on any atom is -0.312 e. The smallest absolute Gasteiger partial charge is 0.137 e. The third kappa shape index (κ3) is 5.40. The molecule has 0 heterocycles. The van der Waals surface area contributed by atoms with E-state index < -0.39 is 0 Å². The number of benzene rings is 1. The van der Waals surface area contributed by atoms with Crippen LogP contribution in [-0.2, 0) is 6.54 Å². The van der Waals surface area contributed by atoms with Crippen LogP contribution in [0.25, 0.3) is 0 Å². The van der Waals surface area contributed by atoms with Crippen LogP contribution in [0.4, 0.5) is 4.39 Å². The van der Waals surface area contributed by atoms with Gasteiger partial charge in [0.15, 0.2) is 0 Å². The first kappa shape index (κ1) is 15.5. The third-order valence-electron chi connectivity index (χ3n) is 2.32. The van der Waals surface area contributed by atoms with Crippen LogP contribution in [0.5, 0.6) is 0 Å². The molecule has 1 aromatic carbocycles. The first-order chi connectivity index (χ1) is 8.29. The molecule has 0 atom stereocenters. The maximum atomic E-state index is 13.9. The van der Waals surface area contributed by atoms with Crippen LogP contribution >= 0.6 is 11.8 Å². The van der Waals surface area contributed by atoms with E-state index in [9.17, 15) is 4.39 Å². The second kappa shape index (κ2) is 6.58. The standard InChI is InChI=1S/C15H24FNS/c1-11(2)9-17-10-12-7-6-8-13(16)14(12)18-15(3,4)5/h6-8,11,17H,9-10H2,1-5H3. The molecule has 18 heavy (non-hydrogen) atoms. The Morgan fingerprint density at radius 3 is 2.50 bits per heavy atom. The predicted octanol–water partition coefficient (Wildman–Crippen LogP) is 4.46. The van der Waals surface area contributed by atoms with E-state index in [4.69, 9.17) is 0 Å². The highest BCUT2D eigenvalue weighted by molar-refractivity contribution is 8.00. The molecule has 0 saturated heterocycles. The van der Waals surface area contributed by atoms with Crippen molar-refractivity contribution in [3.63, 3.8) is 0 Å². The monoisotopic (exact) mass is 269 g/mol. The highest BCUT2D eigenvalue weighted by atomic mass is 32.2. The summed E-state index contributed by atoms with van der Waals surface area (Å²) in [6.07, 6.45) is 0. The highest BCUT2D eigenvalue weighted by Crippen LogP contribution is 2.35. The largest absolute Gasteiger partial charge is 0.312 e. The minimum atomic E-state index is -0.112. The predicted molar refractivity (Wildman–Crippen MR) is 78.6 cm³/mol. The number of hydrogen-bond acceptors (Lipinski definition) is 2. The molecule has 0 aliphatic rings. The van der Waals surface area contributed by atoms with Crippen LogP contribution in [0.15, 0.2) is 23.1 Å². The topological polar surface area (TPSA) is 12.0 Å². The number of rotatable bonds is 5. The zero-order valence-electron chi connectivity index (χ0n) is 12.0. The molecule has 0 radical (unpaired) electrons. The molecule has 0 aliphatic heterocycles. The maximum Gasteiger partial charge on any atom is 0.137 e. The Bertz CT molecular complexity index is 383. The van der Waals surface area contributed by atoms with Gasteiger partial charge < -0.3 is 5.32 Å². The van der Waals surface area contributed by atoms with Gasteiger partial charge in [-0.15, -0.1) is 11.8 Å². The summed E-state index contributed by atoms with van der Waals surface area (Å²) < 4.78 is 13.9. The summed E-state index contributed by atoms with van der Waals surface area (Å²) in [4.78, 5) is 0.779. The molecule has 102 valence electrons. The third-order valence-corrected chi connectivity index (χ3v) is 3.60. The highest BCUT2D eigenvalue weighted by Gasteiger charge is 2.17. The summed E-state index contributed by atoms with van der Waals surface area (Å²) in [6, 6.07) is 5.33. The molecule has 0 fully saturated rings. The van der Waals surface area contributed by atoms with E-state index in [0.717, 1.165) is 23.5 Å². The lowest BCUT2D eigenvalue weighted by Crippen LogP contribution is -2.20. The molecule has 0 bridgehead atoms. The fraction of sp³-hybridized carbons (Fsp3) is 0.600. The van der Waals surface area contributed by atoms with Crippen molar-refractivity contribution in [2.45, 2.75) is 50.8 Å². The van der Waals surface area contributed by atoms with Crippen LogP contribution in [-0.4, -0.2) is 11.3 Å². The Morgan fingerprint density at radius 2 is 1.94 bits per heavy atom. The molecule has 0 aliphatic carbocycles. The number of halogens is 1. The summed E-state index contributed by atoms with van der Waals surface area (Å²) in [5.74, 6) is 0.496. The maximum absolute atomic E-state index is 13.9. The molecule has 1 N–H and O–H groups in total. The van der Waals surface area contributed by atoms with Gasteiger partial charge in [-0.05, 0) is 24.1 Å². The van der Waals surface area contributed by atoms with Crippen molar-refractivity contribution in [1.29, 1.82) is 0 Å². The van der Waals surface area contributed by atoms with Gasteiger partial charge in [-0.1, -0.05) is 46.8 Å². The van der Waals surface area contributed by atoms with Gasteiger partial charge in [0.2, 0.25) is 0 Å². The molecule has 0 unspecified atom stereocenters. The zero-order valence-corrected chi connectivity index (χ0v) is 12.8. The second-order valence-electron chi connectivity index (χ2n) is 5.97. The number of hydrogen-bond donors (Lipinski definition) is 1. The Hall–Kier alpha value is -0.540. The Labute approximate surface area is 115 Å². The van der Waals surface area contributed by atoms with Crippen molar-refractivity contribution in [1.82, 2.24) is 5.32 Å². The van der Waals surface area contributed by atoms with Crippen LogP contribution in [0, 0.1) is 11.7 Å². The van der Waals surface area contributed by atoms with E-state index in [-0.39, 0.29) is 10.6 Å². The Balaban J connectivity index is 2.80. The quantitative estimate of drug-likeness (QED) is 0.792. The van der Waals surface area contributed by atoms with Crippen molar-refractivity contribution in [2.75, 3.05) is 6.54 Å². The first-order valence-corrected chi connectivity index (χ1v) is 7.28. The SMILES string of the molecule is CC(C)CNCc1cccc(F)c1SC(C)(C)C. The summed E-state index contributed by atoms with van der Waals surface area (Å²) in [5.41, 5.74) is 1.05. The van der Waals surface area contributed by atoms with E-state index >= 15 is 0 Å². The van der Waals surface area contributed by atoms with Gasteiger partial charge in [0.05, 0.1) is 0 Å². The van der Waals surface area contributed by atoms with Gasteiger partial charge in [-0.25, -0.2) is 4.39 Å². The Kier molecular flexibility index (Phi) is 5.67. The lowest BCUT2D eigenvalue weighted by Gasteiger charge is -2.20. The van der Waals surface area contributed by atoms with E-state index in [2.05, 4.69) is 39.9 Å². The first-order valence-electron chi connectivity index (χ1n) is 6.46. The summed E-state index contributed by atoms with van der Waals surface area (Å²) in [7, 11) is 0. The minimum absolute atomic E-state index is 0.0228. The van der Waals surface area contributed by atoms with Crippen LogP contribution in [0.3, 0.4) is 0 Å². The summed E-state index contributed by atoms with van der Waals surface area (Å²) in [6.45, 7) is 12.3. The number of thioether (sulfide) groups is 1. The van der Waals surface area contributed by atoms with Crippen molar-refractivity contribution in [3.8, 4) is 0 Å². The molecule has 0 amide bonds. The van der Waals surface area contributed by atoms with E-state index in [1.807, 2.05) is 6.07 Å². The molecule has 0 aromatic heterocycles. The van der Waals surface area contributed by atoms with Gasteiger partial charge in [-0.2, -0.15) is 0 Å². The fourth-order valence-corrected chi connectivity index (χ4v) is 2.66. The zero-order chi connectivity index (χ0) is 13.8. The molecule has 3 heteroatoms. The molecule has 0 spiro atoms. The molecule has 1 aromatic rings. The second-order valence-corrected chi connectivity index (χ2v) is 7.80. The summed E-state index contributed by atoms with van der Waals surface area (Å²) >= 11 is 1.60. The van der Waals surface area contributed by atoms with Gasteiger partial charge in [0.1, 0.15) is 5.82 Å². The van der Waals surface area contributed by atoms with Crippen molar-refractivity contribution >= 4 is 11.8 Å². The number of nitrogens with one attached hydrogen (secondary N) is 1. The van der Waals surface area contributed by atoms with Gasteiger partial charge >= 0.3 is 0 Å². The average Bonchev–Trinajstić information content (AvgIpc) is 2.20. The molecular formula is C15H24FNS. The van der Waals surface area contributed by atoms with Crippen LogP contribution in [0.2, 0.25) is 0 Å². The van der Waals surface area contributed by atoms with Gasteiger partial charge in [0, 0.05) is 16.2 Å². The molecule has 1 rings (SSSR count). The molecule has 0 saturated carbocycles. The fourth-order valence-electron chi connectivity index (χ4n) is 1.61. The van der Waals surface area contributed by atoms with Crippen LogP contribution in [0.1, 0.15) is 40.2 Å². The lowest BCUT2D eigenvalue weighted by atomic mass is 10.2. The van der Waals surface area contributed by atoms with Crippen molar-refractivity contribution in [3.05, 3.63) is 29.6 Å². The Morgan fingerprint density at radius 1 is 1.28 bits per heavy atom. The van der Waals surface area contributed by atoms with Gasteiger partial charge in [0.25, 0.3) is 0 Å². The van der Waals surface area contributed by atoms with Crippen molar-refractivity contribution < 1.29 is 4.39 Å². The molecule has 1 nitrogen and oxygen atoms in total. The van der Waals surface area contributed by atoms with E-state index in [0.29, 0.717) is 5.92 Å². The van der Waals surface area contributed by atoms with Gasteiger partial charge in [-0.3, -0.25) is 0 Å². The van der Waals surface area contributed by atoms with E-state index in [1.54, 1.807) is 23.9 Å². The average molecular weight is 269 g/mol. The van der Waals surface area contributed by atoms with E-state index in [1.165, 1.54) is 0 Å². The van der Waals surface area contributed by atoms with Crippen LogP contribution < -0.4 is 5.32 Å². The molecular weight excluding hydrogens is 245 g/mol. The lowest BCUT2D eigenvalue weighted by molar-refractivity contribution is 0.542.